The van der Waals surface area contributed by atoms with E-state index in [1.165, 1.54) is 0 Å². The first-order valence-electron chi connectivity index (χ1n) is 9.25. The molecule has 0 N–H and O–H groups in total. The summed E-state index contributed by atoms with van der Waals surface area (Å²) in [6.45, 7) is 4.26. The molecule has 5 nitrogen and oxygen atoms in total. The standard InChI is InChI=1S/C21H24N2O3S/c1-15-8-10-18(11-9-15)23-20-14-27(25,26)13-19(20)22(12-21(23)24)16(2)17-6-4-3-5-7-17/h3-11,16,19-20H,12-14H2,1-2H3. The normalized spacial score (nSPS) is 26.0. The zero-order valence-electron chi connectivity index (χ0n) is 15.6. The highest BCUT2D eigenvalue weighted by Crippen LogP contribution is 2.36. The Kier molecular flexibility index (Phi) is 4.56. The quantitative estimate of drug-likeness (QED) is 0.816. The van der Waals surface area contributed by atoms with Gasteiger partial charge in [0.1, 0.15) is 0 Å². The molecule has 2 aromatic carbocycles. The summed E-state index contributed by atoms with van der Waals surface area (Å²) in [6.07, 6.45) is 0. The molecule has 2 fully saturated rings. The van der Waals surface area contributed by atoms with E-state index in [1.54, 1.807) is 4.90 Å². The Hall–Kier alpha value is -2.18. The van der Waals surface area contributed by atoms with E-state index in [2.05, 4.69) is 4.90 Å². The van der Waals surface area contributed by atoms with E-state index in [0.717, 1.165) is 16.8 Å². The fraction of sp³-hybridized carbons (Fsp3) is 0.381. The molecule has 3 atom stereocenters. The van der Waals surface area contributed by atoms with Crippen molar-refractivity contribution in [1.82, 2.24) is 4.90 Å². The Balaban J connectivity index is 1.71. The van der Waals surface area contributed by atoms with E-state index >= 15 is 0 Å². The first-order chi connectivity index (χ1) is 12.9. The molecule has 0 saturated carbocycles. The number of anilines is 1. The average Bonchev–Trinajstić information content (AvgIpc) is 2.97. The van der Waals surface area contributed by atoms with Crippen LogP contribution in [0.2, 0.25) is 0 Å². The van der Waals surface area contributed by atoms with Crippen molar-refractivity contribution in [3.05, 3.63) is 65.7 Å². The van der Waals surface area contributed by atoms with Gasteiger partial charge in [0.2, 0.25) is 5.91 Å². The van der Waals surface area contributed by atoms with Crippen LogP contribution in [0.15, 0.2) is 54.6 Å². The Bertz CT molecular complexity index is 941. The van der Waals surface area contributed by atoms with Crippen molar-refractivity contribution >= 4 is 21.4 Å². The van der Waals surface area contributed by atoms with Crippen LogP contribution in [-0.2, 0) is 14.6 Å². The Morgan fingerprint density at radius 1 is 0.963 bits per heavy atom. The number of sulfone groups is 1. The molecule has 27 heavy (non-hydrogen) atoms. The molecule has 1 amide bonds. The summed E-state index contributed by atoms with van der Waals surface area (Å²) in [6, 6.07) is 17.1. The van der Waals surface area contributed by atoms with Crippen molar-refractivity contribution in [1.29, 1.82) is 0 Å². The lowest BCUT2D eigenvalue weighted by molar-refractivity contribution is -0.124. The number of carbonyl (C=O) groups excluding carboxylic acids is 1. The molecule has 3 unspecified atom stereocenters. The molecule has 0 aromatic heterocycles. The van der Waals surface area contributed by atoms with Gasteiger partial charge in [0.15, 0.2) is 9.84 Å². The highest BCUT2D eigenvalue weighted by molar-refractivity contribution is 7.91. The maximum atomic E-state index is 13.1. The molecule has 2 aliphatic heterocycles. The zero-order chi connectivity index (χ0) is 19.2. The number of nitrogens with zero attached hydrogens (tertiary/aromatic N) is 2. The second-order valence-electron chi connectivity index (χ2n) is 7.57. The molecule has 0 spiro atoms. The maximum Gasteiger partial charge on any atom is 0.241 e. The number of fused-ring (bicyclic) bond motifs is 1. The predicted octanol–water partition coefficient (Wildman–Crippen LogP) is 2.57. The van der Waals surface area contributed by atoms with Crippen LogP contribution >= 0.6 is 0 Å². The highest BCUT2D eigenvalue weighted by Gasteiger charge is 2.50. The van der Waals surface area contributed by atoms with Gasteiger partial charge >= 0.3 is 0 Å². The first kappa shape index (κ1) is 18.2. The molecule has 0 bridgehead atoms. The van der Waals surface area contributed by atoms with Crippen LogP contribution in [0, 0.1) is 6.92 Å². The third-order valence-corrected chi connectivity index (χ3v) is 7.43. The summed E-state index contributed by atoms with van der Waals surface area (Å²) in [7, 11) is -3.19. The molecular formula is C21H24N2O3S. The van der Waals surface area contributed by atoms with Gasteiger partial charge in [-0.25, -0.2) is 8.42 Å². The zero-order valence-corrected chi connectivity index (χ0v) is 16.4. The summed E-state index contributed by atoms with van der Waals surface area (Å²) in [5.74, 6) is 0.0831. The summed E-state index contributed by atoms with van der Waals surface area (Å²) in [4.78, 5) is 16.8. The van der Waals surface area contributed by atoms with E-state index in [0.29, 0.717) is 0 Å². The van der Waals surface area contributed by atoms with E-state index < -0.39 is 9.84 Å². The molecule has 6 heteroatoms. The number of piperazine rings is 1. The van der Waals surface area contributed by atoms with Gasteiger partial charge < -0.3 is 4.90 Å². The Labute approximate surface area is 160 Å². The molecule has 2 heterocycles. The molecule has 0 radical (unpaired) electrons. The number of benzene rings is 2. The van der Waals surface area contributed by atoms with Gasteiger partial charge in [-0.1, -0.05) is 48.0 Å². The number of carbonyl (C=O) groups is 1. The molecule has 4 rings (SSSR count). The van der Waals surface area contributed by atoms with Crippen LogP contribution < -0.4 is 4.90 Å². The molecule has 0 aliphatic carbocycles. The Morgan fingerprint density at radius 3 is 2.26 bits per heavy atom. The summed E-state index contributed by atoms with van der Waals surface area (Å²) >= 11 is 0. The number of hydrogen-bond acceptors (Lipinski definition) is 4. The highest BCUT2D eigenvalue weighted by atomic mass is 32.2. The van der Waals surface area contributed by atoms with E-state index in [9.17, 15) is 13.2 Å². The lowest BCUT2D eigenvalue weighted by atomic mass is 9.98. The fourth-order valence-electron chi connectivity index (χ4n) is 4.30. The van der Waals surface area contributed by atoms with Gasteiger partial charge in [-0.15, -0.1) is 0 Å². The second kappa shape index (κ2) is 6.77. The summed E-state index contributed by atoms with van der Waals surface area (Å²) in [5.41, 5.74) is 2.99. The summed E-state index contributed by atoms with van der Waals surface area (Å²) < 4.78 is 24.9. The number of aryl methyl sites for hydroxylation is 1. The molecular weight excluding hydrogens is 360 g/mol. The van der Waals surface area contributed by atoms with E-state index in [-0.39, 0.29) is 42.1 Å². The van der Waals surface area contributed by atoms with Gasteiger partial charge in [0.25, 0.3) is 0 Å². The lowest BCUT2D eigenvalue weighted by Crippen LogP contribution is -2.62. The predicted molar refractivity (Wildman–Crippen MR) is 106 cm³/mol. The number of rotatable bonds is 3. The van der Waals surface area contributed by atoms with Gasteiger partial charge in [-0.2, -0.15) is 0 Å². The van der Waals surface area contributed by atoms with E-state index in [1.807, 2.05) is 68.4 Å². The van der Waals surface area contributed by atoms with Crippen LogP contribution in [0.3, 0.4) is 0 Å². The van der Waals surface area contributed by atoms with Crippen LogP contribution in [0.4, 0.5) is 5.69 Å². The third-order valence-electron chi connectivity index (χ3n) is 5.73. The SMILES string of the molecule is Cc1ccc(N2C(=O)CN(C(C)c3ccccc3)C3CS(=O)(=O)CC32)cc1. The minimum absolute atomic E-state index is 0.0175. The van der Waals surface area contributed by atoms with Gasteiger partial charge in [-0.3, -0.25) is 9.69 Å². The van der Waals surface area contributed by atoms with Gasteiger partial charge in [0.05, 0.1) is 24.1 Å². The lowest BCUT2D eigenvalue weighted by Gasteiger charge is -2.46. The van der Waals surface area contributed by atoms with Crippen LogP contribution in [0.5, 0.6) is 0 Å². The van der Waals surface area contributed by atoms with Gasteiger partial charge in [-0.05, 0) is 31.5 Å². The molecule has 142 valence electrons. The number of hydrogen-bond donors (Lipinski definition) is 0. The largest absolute Gasteiger partial charge is 0.306 e. The number of amides is 1. The fourth-order valence-corrected chi connectivity index (χ4v) is 6.26. The van der Waals surface area contributed by atoms with Crippen molar-refractivity contribution < 1.29 is 13.2 Å². The van der Waals surface area contributed by atoms with Crippen molar-refractivity contribution in [3.8, 4) is 0 Å². The third kappa shape index (κ3) is 3.39. The minimum Gasteiger partial charge on any atom is -0.306 e. The maximum absolute atomic E-state index is 13.1. The first-order valence-corrected chi connectivity index (χ1v) is 11.1. The van der Waals surface area contributed by atoms with Crippen molar-refractivity contribution in [2.75, 3.05) is 23.0 Å². The van der Waals surface area contributed by atoms with Crippen LogP contribution in [0.1, 0.15) is 24.1 Å². The average molecular weight is 385 g/mol. The smallest absolute Gasteiger partial charge is 0.241 e. The van der Waals surface area contributed by atoms with Crippen LogP contribution in [-0.4, -0.2) is 49.4 Å². The van der Waals surface area contributed by atoms with E-state index in [4.69, 9.17) is 0 Å². The van der Waals surface area contributed by atoms with Gasteiger partial charge in [0, 0.05) is 17.8 Å². The minimum atomic E-state index is -3.19. The molecule has 2 aromatic rings. The second-order valence-corrected chi connectivity index (χ2v) is 9.72. The van der Waals surface area contributed by atoms with Crippen molar-refractivity contribution in [2.24, 2.45) is 0 Å². The van der Waals surface area contributed by atoms with Crippen LogP contribution in [0.25, 0.3) is 0 Å². The molecule has 2 saturated heterocycles. The van der Waals surface area contributed by atoms with Crippen molar-refractivity contribution in [3.63, 3.8) is 0 Å². The molecule has 2 aliphatic rings. The van der Waals surface area contributed by atoms with Crippen molar-refractivity contribution in [2.45, 2.75) is 32.0 Å². The topological polar surface area (TPSA) is 57.7 Å². The monoisotopic (exact) mass is 384 g/mol. The Morgan fingerprint density at radius 2 is 1.59 bits per heavy atom. The summed E-state index contributed by atoms with van der Waals surface area (Å²) in [5, 5.41) is 0.